The van der Waals surface area contributed by atoms with Crippen LogP contribution in [-0.2, 0) is 9.53 Å². The van der Waals surface area contributed by atoms with Crippen LogP contribution in [0.2, 0.25) is 0 Å². The number of carbonyl (C=O) groups excluding carboxylic acids is 1. The molecule has 0 spiro atoms. The summed E-state index contributed by atoms with van der Waals surface area (Å²) in [6.07, 6.45) is 4.60. The summed E-state index contributed by atoms with van der Waals surface area (Å²) in [6, 6.07) is 1.19. The quantitative estimate of drug-likeness (QED) is 0.757. The van der Waals surface area contributed by atoms with Gasteiger partial charge < -0.3 is 14.7 Å². The number of ether oxygens (including phenoxy) is 1. The van der Waals surface area contributed by atoms with Crippen LogP contribution in [0.4, 0.5) is 0 Å². The van der Waals surface area contributed by atoms with E-state index in [-0.39, 0.29) is 37.5 Å². The van der Waals surface area contributed by atoms with Crippen molar-refractivity contribution < 1.29 is 14.6 Å². The van der Waals surface area contributed by atoms with E-state index >= 15 is 0 Å². The summed E-state index contributed by atoms with van der Waals surface area (Å²) in [5.41, 5.74) is 0. The number of halogens is 1. The lowest BCUT2D eigenvalue weighted by Gasteiger charge is -2.35. The predicted octanol–water partition coefficient (Wildman–Crippen LogP) is 0.959. The minimum absolute atomic E-state index is 0. The maximum absolute atomic E-state index is 11.2. The second kappa shape index (κ2) is 5.84. The van der Waals surface area contributed by atoms with Crippen molar-refractivity contribution in [1.29, 1.82) is 0 Å². The summed E-state index contributed by atoms with van der Waals surface area (Å²) in [4.78, 5) is 13.6. The maximum atomic E-state index is 11.2. The number of carbonyl (C=O) groups is 1. The highest BCUT2D eigenvalue weighted by Crippen LogP contribution is 2.35. The van der Waals surface area contributed by atoms with Gasteiger partial charge in [-0.15, -0.1) is 12.4 Å². The molecular weight excluding hydrogens is 230 g/mol. The van der Waals surface area contributed by atoms with E-state index in [0.717, 1.165) is 12.8 Å². The van der Waals surface area contributed by atoms with Crippen molar-refractivity contribution >= 4 is 18.4 Å². The number of piperidine rings is 1. The molecule has 5 heteroatoms. The van der Waals surface area contributed by atoms with Gasteiger partial charge in [0.1, 0.15) is 6.10 Å². The van der Waals surface area contributed by atoms with Crippen LogP contribution < -0.4 is 0 Å². The molecule has 4 nitrogen and oxygen atoms in total. The molecule has 0 aromatic carbocycles. The third-order valence-corrected chi connectivity index (χ3v) is 3.67. The summed E-state index contributed by atoms with van der Waals surface area (Å²) in [6.45, 7) is -0.113. The molecule has 0 aromatic heterocycles. The second-order valence-electron chi connectivity index (χ2n) is 4.61. The fourth-order valence-electron chi connectivity index (χ4n) is 2.79. The monoisotopic (exact) mass is 249 g/mol. The molecule has 2 aliphatic heterocycles. The van der Waals surface area contributed by atoms with Crippen LogP contribution >= 0.6 is 12.4 Å². The molecule has 2 atom stereocenters. The van der Waals surface area contributed by atoms with Gasteiger partial charge in [0, 0.05) is 12.1 Å². The molecule has 0 amide bonds. The number of hydrogen-bond donors (Lipinski definition) is 1. The summed E-state index contributed by atoms with van der Waals surface area (Å²) in [5, 5.41) is 8.62. The van der Waals surface area contributed by atoms with Gasteiger partial charge in [-0.05, 0) is 32.7 Å². The highest BCUT2D eigenvalue weighted by molar-refractivity contribution is 5.85. The van der Waals surface area contributed by atoms with Crippen molar-refractivity contribution in [3.63, 3.8) is 0 Å². The topological polar surface area (TPSA) is 49.8 Å². The molecule has 2 aliphatic rings. The molecule has 2 saturated heterocycles. The van der Waals surface area contributed by atoms with Gasteiger partial charge in [-0.2, -0.15) is 0 Å². The Hall–Kier alpha value is -0.320. The van der Waals surface area contributed by atoms with Crippen LogP contribution in [0, 0.1) is 0 Å². The standard InChI is InChI=1S/C11H19NO3.ClH/c1-12-8-2-3-9(12)7-10(6-8)15-11(14)4-5-13;/h8-10,13H,2-7H2,1H3;1H. The summed E-state index contributed by atoms with van der Waals surface area (Å²) < 4.78 is 5.34. The Morgan fingerprint density at radius 3 is 2.44 bits per heavy atom. The summed E-state index contributed by atoms with van der Waals surface area (Å²) in [7, 11) is 2.16. The van der Waals surface area contributed by atoms with Crippen LogP contribution in [0.25, 0.3) is 0 Å². The zero-order valence-electron chi connectivity index (χ0n) is 9.59. The van der Waals surface area contributed by atoms with E-state index in [9.17, 15) is 4.79 Å². The highest BCUT2D eigenvalue weighted by atomic mass is 35.5. The van der Waals surface area contributed by atoms with Crippen molar-refractivity contribution in [3.8, 4) is 0 Å². The van der Waals surface area contributed by atoms with E-state index < -0.39 is 0 Å². The third-order valence-electron chi connectivity index (χ3n) is 3.67. The van der Waals surface area contributed by atoms with Gasteiger partial charge in [0.2, 0.25) is 0 Å². The lowest BCUT2D eigenvalue weighted by atomic mass is 10.0. The smallest absolute Gasteiger partial charge is 0.308 e. The van der Waals surface area contributed by atoms with Crippen LogP contribution in [0.15, 0.2) is 0 Å². The fraction of sp³-hybridized carbons (Fsp3) is 0.909. The summed E-state index contributed by atoms with van der Waals surface area (Å²) in [5.74, 6) is -0.258. The van der Waals surface area contributed by atoms with Crippen molar-refractivity contribution in [2.75, 3.05) is 13.7 Å². The van der Waals surface area contributed by atoms with E-state index in [1.807, 2.05) is 0 Å². The number of nitrogens with zero attached hydrogens (tertiary/aromatic N) is 1. The molecule has 2 bridgehead atoms. The fourth-order valence-corrected chi connectivity index (χ4v) is 2.79. The van der Waals surface area contributed by atoms with Gasteiger partial charge in [-0.25, -0.2) is 0 Å². The van der Waals surface area contributed by atoms with E-state index in [0.29, 0.717) is 12.1 Å². The molecule has 0 saturated carbocycles. The Bertz CT molecular complexity index is 235. The first-order valence-corrected chi connectivity index (χ1v) is 5.73. The molecule has 1 N–H and O–H groups in total. The van der Waals surface area contributed by atoms with Crippen molar-refractivity contribution in [3.05, 3.63) is 0 Å². The van der Waals surface area contributed by atoms with Crippen LogP contribution in [0.3, 0.4) is 0 Å². The van der Waals surface area contributed by atoms with Gasteiger partial charge in [0.05, 0.1) is 13.0 Å². The second-order valence-corrected chi connectivity index (χ2v) is 4.61. The number of esters is 1. The molecule has 0 aliphatic carbocycles. The molecule has 2 rings (SSSR count). The molecular formula is C11H20ClNO3. The molecule has 2 heterocycles. The first-order valence-electron chi connectivity index (χ1n) is 5.73. The van der Waals surface area contributed by atoms with E-state index in [1.54, 1.807) is 0 Å². The minimum atomic E-state index is -0.258. The zero-order chi connectivity index (χ0) is 10.8. The van der Waals surface area contributed by atoms with E-state index in [2.05, 4.69) is 11.9 Å². The van der Waals surface area contributed by atoms with Gasteiger partial charge in [-0.1, -0.05) is 0 Å². The van der Waals surface area contributed by atoms with Crippen LogP contribution in [0.1, 0.15) is 32.1 Å². The van der Waals surface area contributed by atoms with E-state index in [4.69, 9.17) is 9.84 Å². The number of rotatable bonds is 3. The van der Waals surface area contributed by atoms with Crippen molar-refractivity contribution in [2.24, 2.45) is 0 Å². The number of aliphatic hydroxyl groups is 1. The van der Waals surface area contributed by atoms with Gasteiger partial charge in [0.15, 0.2) is 0 Å². The largest absolute Gasteiger partial charge is 0.462 e. The summed E-state index contributed by atoms with van der Waals surface area (Å²) >= 11 is 0. The molecule has 2 unspecified atom stereocenters. The first kappa shape index (κ1) is 13.7. The third kappa shape index (κ3) is 2.87. The zero-order valence-corrected chi connectivity index (χ0v) is 10.4. The Labute approximate surface area is 102 Å². The van der Waals surface area contributed by atoms with Crippen LogP contribution in [-0.4, -0.2) is 47.8 Å². The van der Waals surface area contributed by atoms with Gasteiger partial charge in [0.25, 0.3) is 0 Å². The number of fused-ring (bicyclic) bond motifs is 2. The Kier molecular flexibility index (Phi) is 5.02. The SMILES string of the molecule is CN1C2CCC1CC(OC(=O)CCO)C2.Cl. The molecule has 0 aromatic rings. The Balaban J connectivity index is 0.00000128. The molecule has 94 valence electrons. The Morgan fingerprint density at radius 1 is 1.38 bits per heavy atom. The average Bonchev–Trinajstić information content (AvgIpc) is 2.43. The molecule has 2 fully saturated rings. The van der Waals surface area contributed by atoms with Crippen molar-refractivity contribution in [2.45, 2.75) is 50.3 Å². The minimum Gasteiger partial charge on any atom is -0.462 e. The Morgan fingerprint density at radius 2 is 1.94 bits per heavy atom. The maximum Gasteiger partial charge on any atom is 0.308 e. The average molecular weight is 250 g/mol. The molecule has 16 heavy (non-hydrogen) atoms. The van der Waals surface area contributed by atoms with Gasteiger partial charge in [-0.3, -0.25) is 4.79 Å². The lowest BCUT2D eigenvalue weighted by molar-refractivity contribution is -0.153. The first-order chi connectivity index (χ1) is 7.20. The van der Waals surface area contributed by atoms with Crippen molar-refractivity contribution in [1.82, 2.24) is 4.90 Å². The lowest BCUT2D eigenvalue weighted by Crippen LogP contribution is -2.43. The van der Waals surface area contributed by atoms with Gasteiger partial charge >= 0.3 is 5.97 Å². The number of hydrogen-bond acceptors (Lipinski definition) is 4. The van der Waals surface area contributed by atoms with Crippen LogP contribution in [0.5, 0.6) is 0 Å². The van der Waals surface area contributed by atoms with E-state index in [1.165, 1.54) is 12.8 Å². The number of aliphatic hydroxyl groups excluding tert-OH is 1. The molecule has 0 radical (unpaired) electrons. The highest BCUT2D eigenvalue weighted by Gasteiger charge is 2.39. The predicted molar refractivity (Wildman–Crippen MR) is 62.6 cm³/mol. The normalized spacial score (nSPS) is 33.2.